The zero-order valence-electron chi connectivity index (χ0n) is 9.44. The average molecular weight is 260 g/mol. The van der Waals surface area contributed by atoms with E-state index in [1.807, 2.05) is 26.0 Å². The van der Waals surface area contributed by atoms with Gasteiger partial charge in [0.1, 0.15) is 5.88 Å². The van der Waals surface area contributed by atoms with Gasteiger partial charge in [-0.3, -0.25) is 4.79 Å². The van der Waals surface area contributed by atoms with E-state index in [0.717, 1.165) is 29.7 Å². The predicted molar refractivity (Wildman–Crippen MR) is 69.6 cm³/mol. The van der Waals surface area contributed by atoms with Crippen LogP contribution in [0.15, 0.2) is 12.1 Å². The van der Waals surface area contributed by atoms with Gasteiger partial charge < -0.3 is 5.32 Å². The summed E-state index contributed by atoms with van der Waals surface area (Å²) < 4.78 is 0. The molecule has 1 aromatic rings. The van der Waals surface area contributed by atoms with E-state index in [0.29, 0.717) is 5.02 Å². The number of benzene rings is 1. The molecule has 0 aliphatic heterocycles. The molecule has 0 aliphatic rings. The van der Waals surface area contributed by atoms with Gasteiger partial charge in [0, 0.05) is 10.7 Å². The van der Waals surface area contributed by atoms with Crippen LogP contribution in [0, 0.1) is 0 Å². The van der Waals surface area contributed by atoms with Crippen molar-refractivity contribution in [3.05, 3.63) is 28.3 Å². The molecule has 88 valence electrons. The normalized spacial score (nSPS) is 10.2. The molecule has 1 rings (SSSR count). The van der Waals surface area contributed by atoms with Gasteiger partial charge >= 0.3 is 0 Å². The molecule has 0 fully saturated rings. The first-order valence-corrected chi connectivity index (χ1v) is 6.21. The molecule has 1 amide bonds. The highest BCUT2D eigenvalue weighted by Gasteiger charge is 2.12. The number of nitrogens with one attached hydrogen (secondary N) is 1. The number of anilines is 1. The topological polar surface area (TPSA) is 29.1 Å². The number of carbonyl (C=O) groups is 1. The monoisotopic (exact) mass is 259 g/mol. The van der Waals surface area contributed by atoms with E-state index in [9.17, 15) is 4.79 Å². The summed E-state index contributed by atoms with van der Waals surface area (Å²) in [5, 5.41) is 3.50. The van der Waals surface area contributed by atoms with E-state index in [-0.39, 0.29) is 11.8 Å². The number of rotatable bonds is 4. The lowest BCUT2D eigenvalue weighted by Crippen LogP contribution is -2.15. The molecule has 0 radical (unpaired) electrons. The summed E-state index contributed by atoms with van der Waals surface area (Å²) in [6, 6.07) is 3.81. The zero-order chi connectivity index (χ0) is 12.1. The van der Waals surface area contributed by atoms with Crippen LogP contribution in [0.3, 0.4) is 0 Å². The first-order chi connectivity index (χ1) is 7.63. The van der Waals surface area contributed by atoms with Gasteiger partial charge in [0.05, 0.1) is 0 Å². The van der Waals surface area contributed by atoms with Crippen LogP contribution in [-0.2, 0) is 17.6 Å². The summed E-state index contributed by atoms with van der Waals surface area (Å²) in [5.74, 6) is -0.243. The summed E-state index contributed by atoms with van der Waals surface area (Å²) in [6.45, 7) is 4.05. The van der Waals surface area contributed by atoms with Gasteiger partial charge in [0.2, 0.25) is 5.91 Å². The highest BCUT2D eigenvalue weighted by molar-refractivity contribution is 6.32. The molecule has 0 aromatic heterocycles. The Balaban J connectivity index is 3.19. The van der Waals surface area contributed by atoms with Gasteiger partial charge in [-0.2, -0.15) is 0 Å². The van der Waals surface area contributed by atoms with E-state index in [4.69, 9.17) is 23.2 Å². The summed E-state index contributed by atoms with van der Waals surface area (Å²) in [5.41, 5.74) is 2.88. The lowest BCUT2D eigenvalue weighted by atomic mass is 10.0. The van der Waals surface area contributed by atoms with Crippen molar-refractivity contribution in [2.24, 2.45) is 0 Å². The molecule has 4 heteroatoms. The number of aryl methyl sites for hydroxylation is 1. The lowest BCUT2D eigenvalue weighted by molar-refractivity contribution is -0.113. The van der Waals surface area contributed by atoms with Crippen LogP contribution in [0.4, 0.5) is 5.69 Å². The largest absolute Gasteiger partial charge is 0.324 e. The van der Waals surface area contributed by atoms with E-state index in [1.54, 1.807) is 0 Å². The third-order valence-electron chi connectivity index (χ3n) is 2.46. The van der Waals surface area contributed by atoms with Crippen LogP contribution in [0.5, 0.6) is 0 Å². The van der Waals surface area contributed by atoms with Crippen molar-refractivity contribution in [2.75, 3.05) is 11.2 Å². The summed E-state index contributed by atoms with van der Waals surface area (Å²) >= 11 is 11.6. The summed E-state index contributed by atoms with van der Waals surface area (Å²) in [6.07, 6.45) is 1.63. The Labute approximate surface area is 106 Å². The highest BCUT2D eigenvalue weighted by Crippen LogP contribution is 2.29. The fourth-order valence-electron chi connectivity index (χ4n) is 1.64. The SMILES string of the molecule is CCc1ccc(Cl)c(CC)c1NC(=O)CCl. The second-order valence-electron chi connectivity index (χ2n) is 3.45. The maximum atomic E-state index is 11.3. The van der Waals surface area contributed by atoms with Crippen LogP contribution in [-0.4, -0.2) is 11.8 Å². The molecule has 0 aliphatic carbocycles. The molecule has 1 aromatic carbocycles. The number of alkyl halides is 1. The Kier molecular flexibility index (Phi) is 5.10. The van der Waals surface area contributed by atoms with E-state index < -0.39 is 0 Å². The number of hydrogen-bond donors (Lipinski definition) is 1. The standard InChI is InChI=1S/C12H15Cl2NO/c1-3-8-5-6-10(14)9(4-2)12(8)15-11(16)7-13/h5-6H,3-4,7H2,1-2H3,(H,15,16). The van der Waals surface area contributed by atoms with Crippen LogP contribution in [0.2, 0.25) is 5.02 Å². The molecule has 0 saturated heterocycles. The van der Waals surface area contributed by atoms with Crippen molar-refractivity contribution < 1.29 is 4.79 Å². The Hall–Kier alpha value is -0.730. The van der Waals surface area contributed by atoms with Crippen LogP contribution in [0.25, 0.3) is 0 Å². The van der Waals surface area contributed by atoms with E-state index in [1.165, 1.54) is 0 Å². The van der Waals surface area contributed by atoms with Crippen LogP contribution >= 0.6 is 23.2 Å². The van der Waals surface area contributed by atoms with Crippen LogP contribution < -0.4 is 5.32 Å². The highest BCUT2D eigenvalue weighted by atomic mass is 35.5. The van der Waals surface area contributed by atoms with Crippen molar-refractivity contribution in [2.45, 2.75) is 26.7 Å². The third-order valence-corrected chi connectivity index (χ3v) is 3.06. The Morgan fingerprint density at radius 3 is 2.50 bits per heavy atom. The maximum Gasteiger partial charge on any atom is 0.239 e. The second-order valence-corrected chi connectivity index (χ2v) is 4.12. The van der Waals surface area contributed by atoms with Gasteiger partial charge in [0.25, 0.3) is 0 Å². The number of hydrogen-bond acceptors (Lipinski definition) is 1. The van der Waals surface area contributed by atoms with Crippen LogP contribution in [0.1, 0.15) is 25.0 Å². The molecule has 0 bridgehead atoms. The number of amides is 1. The Morgan fingerprint density at radius 1 is 1.31 bits per heavy atom. The molecule has 2 nitrogen and oxygen atoms in total. The summed E-state index contributed by atoms with van der Waals surface area (Å²) in [7, 11) is 0. The molecule has 0 saturated carbocycles. The minimum Gasteiger partial charge on any atom is -0.324 e. The van der Waals surface area contributed by atoms with E-state index in [2.05, 4.69) is 5.32 Å². The Morgan fingerprint density at radius 2 is 2.00 bits per heavy atom. The fourth-order valence-corrected chi connectivity index (χ4v) is 2.00. The number of halogens is 2. The Bertz CT molecular complexity index is 391. The molecular formula is C12H15Cl2NO. The molecule has 0 heterocycles. The quantitative estimate of drug-likeness (QED) is 0.823. The molecule has 0 spiro atoms. The third kappa shape index (κ3) is 2.89. The van der Waals surface area contributed by atoms with Gasteiger partial charge in [-0.1, -0.05) is 31.5 Å². The van der Waals surface area contributed by atoms with Crippen molar-refractivity contribution in [1.29, 1.82) is 0 Å². The van der Waals surface area contributed by atoms with Crippen molar-refractivity contribution in [3.63, 3.8) is 0 Å². The van der Waals surface area contributed by atoms with Gasteiger partial charge in [-0.15, -0.1) is 11.6 Å². The smallest absolute Gasteiger partial charge is 0.239 e. The molecule has 0 atom stereocenters. The summed E-state index contributed by atoms with van der Waals surface area (Å²) in [4.78, 5) is 11.3. The van der Waals surface area contributed by atoms with Crippen molar-refractivity contribution in [3.8, 4) is 0 Å². The minimum atomic E-state index is -0.201. The maximum absolute atomic E-state index is 11.3. The minimum absolute atomic E-state index is 0.0428. The molecule has 1 N–H and O–H groups in total. The molecular weight excluding hydrogens is 245 g/mol. The fraction of sp³-hybridized carbons (Fsp3) is 0.417. The number of carbonyl (C=O) groups excluding carboxylic acids is 1. The van der Waals surface area contributed by atoms with Crippen molar-refractivity contribution in [1.82, 2.24) is 0 Å². The van der Waals surface area contributed by atoms with E-state index >= 15 is 0 Å². The second kappa shape index (κ2) is 6.12. The lowest BCUT2D eigenvalue weighted by Gasteiger charge is -2.15. The first kappa shape index (κ1) is 13.3. The van der Waals surface area contributed by atoms with Gasteiger partial charge in [0.15, 0.2) is 0 Å². The molecule has 16 heavy (non-hydrogen) atoms. The van der Waals surface area contributed by atoms with Gasteiger partial charge in [-0.05, 0) is 30.0 Å². The van der Waals surface area contributed by atoms with Crippen molar-refractivity contribution >= 4 is 34.8 Å². The van der Waals surface area contributed by atoms with Gasteiger partial charge in [-0.25, -0.2) is 0 Å². The molecule has 0 unspecified atom stereocenters. The predicted octanol–water partition coefficient (Wildman–Crippen LogP) is 3.64. The first-order valence-electron chi connectivity index (χ1n) is 5.30. The zero-order valence-corrected chi connectivity index (χ0v) is 11.0. The average Bonchev–Trinajstić information content (AvgIpc) is 2.29.